The minimum absolute atomic E-state index is 0.0720. The van der Waals surface area contributed by atoms with Crippen molar-refractivity contribution < 1.29 is 23.5 Å². The average molecular weight is 318 g/mol. The first-order chi connectivity index (χ1) is 11.0. The molecule has 2 N–H and O–H groups in total. The monoisotopic (exact) mass is 318 g/mol. The van der Waals surface area contributed by atoms with Crippen molar-refractivity contribution in [1.29, 1.82) is 0 Å². The van der Waals surface area contributed by atoms with Crippen LogP contribution in [-0.2, 0) is 14.3 Å². The molecule has 0 unspecified atom stereocenters. The zero-order valence-electron chi connectivity index (χ0n) is 13.0. The van der Waals surface area contributed by atoms with Gasteiger partial charge in [-0.15, -0.1) is 0 Å². The molecule has 2 rings (SSSR count). The molecule has 0 radical (unpaired) electrons. The van der Waals surface area contributed by atoms with E-state index in [1.165, 1.54) is 0 Å². The highest BCUT2D eigenvalue weighted by Gasteiger charge is 2.19. The van der Waals surface area contributed by atoms with Crippen LogP contribution in [0.25, 0.3) is 11.0 Å². The van der Waals surface area contributed by atoms with Crippen LogP contribution in [0.2, 0.25) is 0 Å². The molecular formula is C16H18N2O5. The third kappa shape index (κ3) is 4.09. The van der Waals surface area contributed by atoms with E-state index in [1.54, 1.807) is 26.0 Å². The molecule has 7 nitrogen and oxygen atoms in total. The molecule has 2 aromatic rings. The van der Waals surface area contributed by atoms with Crippen molar-refractivity contribution in [2.45, 2.75) is 13.8 Å². The van der Waals surface area contributed by atoms with E-state index in [9.17, 15) is 14.4 Å². The number of rotatable bonds is 6. The van der Waals surface area contributed by atoms with E-state index in [0.717, 1.165) is 5.39 Å². The zero-order chi connectivity index (χ0) is 16.8. The van der Waals surface area contributed by atoms with Gasteiger partial charge >= 0.3 is 5.97 Å². The second kappa shape index (κ2) is 7.44. The first-order valence-electron chi connectivity index (χ1n) is 7.21. The van der Waals surface area contributed by atoms with E-state index in [1.807, 2.05) is 12.1 Å². The minimum atomic E-state index is -0.716. The van der Waals surface area contributed by atoms with Gasteiger partial charge in [-0.1, -0.05) is 18.2 Å². The highest BCUT2D eigenvalue weighted by Crippen LogP contribution is 2.25. The summed E-state index contributed by atoms with van der Waals surface area (Å²) in [6, 6.07) is 7.23. The van der Waals surface area contributed by atoms with Gasteiger partial charge in [0.05, 0.1) is 6.54 Å². The standard InChI is InChI=1S/C16H18N2O5/c1-3-17-13(19)8-18-14(20)9-22-16(21)15-10(2)11-6-4-5-7-12(11)23-15/h4-7H,3,8-9H2,1-2H3,(H,17,19)(H,18,20). The molecule has 0 aliphatic rings. The van der Waals surface area contributed by atoms with E-state index >= 15 is 0 Å². The summed E-state index contributed by atoms with van der Waals surface area (Å²) in [5, 5.41) is 5.71. The molecule has 0 atom stereocenters. The van der Waals surface area contributed by atoms with Crippen LogP contribution in [0.1, 0.15) is 23.0 Å². The number of esters is 1. The number of carbonyl (C=O) groups excluding carboxylic acids is 3. The van der Waals surface area contributed by atoms with E-state index in [4.69, 9.17) is 9.15 Å². The molecule has 122 valence electrons. The Morgan fingerprint density at radius 2 is 1.87 bits per heavy atom. The van der Waals surface area contributed by atoms with Crippen molar-refractivity contribution in [3.8, 4) is 0 Å². The number of carbonyl (C=O) groups is 3. The minimum Gasteiger partial charge on any atom is -0.450 e. The third-order valence-corrected chi connectivity index (χ3v) is 3.18. The van der Waals surface area contributed by atoms with Crippen LogP contribution in [0, 0.1) is 6.92 Å². The summed E-state index contributed by atoms with van der Waals surface area (Å²) in [6.07, 6.45) is 0. The number of para-hydroxylation sites is 1. The van der Waals surface area contributed by atoms with Crippen LogP contribution in [0.5, 0.6) is 0 Å². The lowest BCUT2D eigenvalue weighted by molar-refractivity contribution is -0.127. The summed E-state index contributed by atoms with van der Waals surface area (Å²) in [5.74, 6) is -1.51. The van der Waals surface area contributed by atoms with Crippen molar-refractivity contribution >= 4 is 28.8 Å². The molecule has 23 heavy (non-hydrogen) atoms. The maximum Gasteiger partial charge on any atom is 0.375 e. The maximum absolute atomic E-state index is 12.0. The lowest BCUT2D eigenvalue weighted by atomic mass is 10.1. The van der Waals surface area contributed by atoms with E-state index in [2.05, 4.69) is 10.6 Å². The Morgan fingerprint density at radius 1 is 1.13 bits per heavy atom. The highest BCUT2D eigenvalue weighted by molar-refractivity contribution is 5.96. The van der Waals surface area contributed by atoms with Crippen LogP contribution in [0.3, 0.4) is 0 Å². The Balaban J connectivity index is 1.90. The predicted molar refractivity (Wildman–Crippen MR) is 82.9 cm³/mol. The summed E-state index contributed by atoms with van der Waals surface area (Å²) < 4.78 is 10.4. The predicted octanol–water partition coefficient (Wildman–Crippen LogP) is 1.15. The van der Waals surface area contributed by atoms with Gasteiger partial charge in [0, 0.05) is 17.5 Å². The summed E-state index contributed by atoms with van der Waals surface area (Å²) in [6.45, 7) is 3.37. The van der Waals surface area contributed by atoms with Gasteiger partial charge in [-0.25, -0.2) is 4.79 Å². The number of fused-ring (bicyclic) bond motifs is 1. The number of aryl methyl sites for hydroxylation is 1. The van der Waals surface area contributed by atoms with Crippen molar-refractivity contribution in [2.24, 2.45) is 0 Å². The molecule has 0 aliphatic heterocycles. The zero-order valence-corrected chi connectivity index (χ0v) is 13.0. The Morgan fingerprint density at radius 3 is 2.57 bits per heavy atom. The van der Waals surface area contributed by atoms with Gasteiger partial charge in [-0.05, 0) is 19.9 Å². The lowest BCUT2D eigenvalue weighted by Crippen LogP contribution is -2.38. The third-order valence-electron chi connectivity index (χ3n) is 3.18. The summed E-state index contributed by atoms with van der Waals surface area (Å²) in [5.41, 5.74) is 1.24. The fraction of sp³-hybridized carbons (Fsp3) is 0.312. The molecule has 2 amide bonds. The molecule has 1 heterocycles. The number of amides is 2. The quantitative estimate of drug-likeness (QED) is 0.779. The number of benzene rings is 1. The highest BCUT2D eigenvalue weighted by atomic mass is 16.5. The molecular weight excluding hydrogens is 300 g/mol. The SMILES string of the molecule is CCNC(=O)CNC(=O)COC(=O)c1oc2ccccc2c1C. The number of hydrogen-bond donors (Lipinski definition) is 2. The normalized spacial score (nSPS) is 10.3. The number of hydrogen-bond acceptors (Lipinski definition) is 5. The second-order valence-electron chi connectivity index (χ2n) is 4.86. The molecule has 0 saturated heterocycles. The van der Waals surface area contributed by atoms with Gasteiger partial charge in [0.15, 0.2) is 6.61 Å². The first-order valence-corrected chi connectivity index (χ1v) is 7.21. The van der Waals surface area contributed by atoms with E-state index in [0.29, 0.717) is 17.7 Å². The van der Waals surface area contributed by atoms with Crippen molar-refractivity contribution in [3.05, 3.63) is 35.6 Å². The Hall–Kier alpha value is -2.83. The summed E-state index contributed by atoms with van der Waals surface area (Å²) >= 11 is 0. The number of ether oxygens (including phenoxy) is 1. The Bertz CT molecular complexity index is 735. The van der Waals surface area contributed by atoms with Gasteiger partial charge in [-0.3, -0.25) is 9.59 Å². The molecule has 7 heteroatoms. The van der Waals surface area contributed by atoms with E-state index in [-0.39, 0.29) is 18.2 Å². The van der Waals surface area contributed by atoms with Crippen LogP contribution in [-0.4, -0.2) is 37.5 Å². The molecule has 0 spiro atoms. The molecule has 0 bridgehead atoms. The first kappa shape index (κ1) is 16.5. The smallest absolute Gasteiger partial charge is 0.375 e. The fourth-order valence-corrected chi connectivity index (χ4v) is 2.06. The molecule has 1 aromatic carbocycles. The number of likely N-dealkylation sites (N-methyl/N-ethyl adjacent to an activating group) is 1. The maximum atomic E-state index is 12.0. The lowest BCUT2D eigenvalue weighted by Gasteiger charge is -2.06. The molecule has 0 saturated carbocycles. The van der Waals surface area contributed by atoms with Crippen molar-refractivity contribution in [1.82, 2.24) is 10.6 Å². The Kier molecular flexibility index (Phi) is 5.35. The topological polar surface area (TPSA) is 97.6 Å². The van der Waals surface area contributed by atoms with Gasteiger partial charge < -0.3 is 19.8 Å². The van der Waals surface area contributed by atoms with Gasteiger partial charge in [-0.2, -0.15) is 0 Å². The van der Waals surface area contributed by atoms with Gasteiger partial charge in [0.25, 0.3) is 5.91 Å². The van der Waals surface area contributed by atoms with Crippen molar-refractivity contribution in [3.63, 3.8) is 0 Å². The molecule has 1 aromatic heterocycles. The summed E-state index contributed by atoms with van der Waals surface area (Å²) in [4.78, 5) is 34.8. The van der Waals surface area contributed by atoms with Crippen LogP contribution in [0.4, 0.5) is 0 Å². The van der Waals surface area contributed by atoms with E-state index < -0.39 is 18.5 Å². The summed E-state index contributed by atoms with van der Waals surface area (Å²) in [7, 11) is 0. The molecule has 0 aliphatic carbocycles. The van der Waals surface area contributed by atoms with Crippen LogP contribution in [0.15, 0.2) is 28.7 Å². The largest absolute Gasteiger partial charge is 0.450 e. The van der Waals surface area contributed by atoms with Gasteiger partial charge in [0.1, 0.15) is 5.58 Å². The number of nitrogens with one attached hydrogen (secondary N) is 2. The fourth-order valence-electron chi connectivity index (χ4n) is 2.06. The van der Waals surface area contributed by atoms with Crippen LogP contribution >= 0.6 is 0 Å². The van der Waals surface area contributed by atoms with Gasteiger partial charge in [0.2, 0.25) is 11.7 Å². The molecule has 0 fully saturated rings. The van der Waals surface area contributed by atoms with Crippen LogP contribution < -0.4 is 10.6 Å². The van der Waals surface area contributed by atoms with Crippen molar-refractivity contribution in [2.75, 3.05) is 19.7 Å². The number of furan rings is 1. The Labute approximate surface area is 133 Å². The second-order valence-corrected chi connectivity index (χ2v) is 4.86. The average Bonchev–Trinajstić information content (AvgIpc) is 2.88.